The Morgan fingerprint density at radius 2 is 2.12 bits per heavy atom. The number of hydrogen-bond donors (Lipinski definition) is 2. The van der Waals surface area contributed by atoms with Crippen molar-refractivity contribution < 1.29 is 13.2 Å². The van der Waals surface area contributed by atoms with E-state index in [0.717, 1.165) is 11.1 Å². The summed E-state index contributed by atoms with van der Waals surface area (Å²) in [6.45, 7) is 1.93. The van der Waals surface area contributed by atoms with Crippen molar-refractivity contribution in [3.8, 4) is 0 Å². The highest BCUT2D eigenvalue weighted by Gasteiger charge is 2.27. The summed E-state index contributed by atoms with van der Waals surface area (Å²) in [7, 11) is 0. The lowest BCUT2D eigenvalue weighted by atomic mass is 10.0. The zero-order valence-corrected chi connectivity index (χ0v) is 9.79. The van der Waals surface area contributed by atoms with E-state index in [9.17, 15) is 13.2 Å². The number of hydrazine groups is 1. The van der Waals surface area contributed by atoms with Crippen LogP contribution in [0.3, 0.4) is 0 Å². The van der Waals surface area contributed by atoms with Crippen molar-refractivity contribution in [2.75, 3.05) is 0 Å². The van der Waals surface area contributed by atoms with E-state index in [1.807, 2.05) is 17.7 Å². The second-order valence-electron chi connectivity index (χ2n) is 3.74. The molecule has 1 rings (SSSR count). The van der Waals surface area contributed by atoms with Gasteiger partial charge in [0, 0.05) is 12.5 Å². The van der Waals surface area contributed by atoms with E-state index in [-0.39, 0.29) is 12.5 Å². The molecule has 16 heavy (non-hydrogen) atoms. The van der Waals surface area contributed by atoms with Gasteiger partial charge in [-0.3, -0.25) is 11.3 Å². The van der Waals surface area contributed by atoms with E-state index in [4.69, 9.17) is 5.84 Å². The number of rotatable bonds is 5. The molecular formula is C10H15F3N2S. The first-order valence-electron chi connectivity index (χ1n) is 4.99. The lowest BCUT2D eigenvalue weighted by molar-refractivity contribution is -0.135. The summed E-state index contributed by atoms with van der Waals surface area (Å²) in [6.07, 6.45) is -4.35. The van der Waals surface area contributed by atoms with Crippen LogP contribution in [0.4, 0.5) is 13.2 Å². The summed E-state index contributed by atoms with van der Waals surface area (Å²) in [6, 6.07) is -0.186. The molecule has 3 N–H and O–H groups in total. The normalized spacial score (nSPS) is 14.1. The first-order valence-corrected chi connectivity index (χ1v) is 5.94. The summed E-state index contributed by atoms with van der Waals surface area (Å²) < 4.78 is 35.9. The van der Waals surface area contributed by atoms with Crippen molar-refractivity contribution in [1.29, 1.82) is 0 Å². The minimum absolute atomic E-state index is 0.0909. The Labute approximate surface area is 96.6 Å². The molecule has 1 atom stereocenters. The Kier molecular flexibility index (Phi) is 4.76. The van der Waals surface area contributed by atoms with Gasteiger partial charge in [-0.25, -0.2) is 0 Å². The predicted molar refractivity (Wildman–Crippen MR) is 59.0 cm³/mol. The maximum atomic E-state index is 12.0. The molecule has 0 radical (unpaired) electrons. The molecule has 92 valence electrons. The van der Waals surface area contributed by atoms with E-state index < -0.39 is 12.6 Å². The number of thiophene rings is 1. The quantitative estimate of drug-likeness (QED) is 0.623. The highest BCUT2D eigenvalue weighted by Crippen LogP contribution is 2.28. The largest absolute Gasteiger partial charge is 0.389 e. The zero-order chi connectivity index (χ0) is 12.2. The third kappa shape index (κ3) is 4.11. The van der Waals surface area contributed by atoms with Gasteiger partial charge in [-0.1, -0.05) is 0 Å². The minimum atomic E-state index is -4.08. The van der Waals surface area contributed by atoms with Crippen molar-refractivity contribution in [3.63, 3.8) is 0 Å². The van der Waals surface area contributed by atoms with Crippen molar-refractivity contribution in [2.24, 2.45) is 5.84 Å². The van der Waals surface area contributed by atoms with Gasteiger partial charge in [0.05, 0.1) is 0 Å². The first kappa shape index (κ1) is 13.5. The van der Waals surface area contributed by atoms with Crippen molar-refractivity contribution in [1.82, 2.24) is 5.43 Å². The average molecular weight is 252 g/mol. The molecule has 0 fully saturated rings. The van der Waals surface area contributed by atoms with Gasteiger partial charge in [0.25, 0.3) is 0 Å². The highest BCUT2D eigenvalue weighted by molar-refractivity contribution is 7.08. The topological polar surface area (TPSA) is 38.0 Å². The Bertz CT molecular complexity index is 322. The molecule has 1 aromatic rings. The maximum absolute atomic E-state index is 12.0. The summed E-state index contributed by atoms with van der Waals surface area (Å²) in [5.41, 5.74) is 4.64. The minimum Gasteiger partial charge on any atom is -0.271 e. The molecule has 6 heteroatoms. The molecule has 0 aliphatic heterocycles. The molecule has 0 saturated heterocycles. The zero-order valence-electron chi connectivity index (χ0n) is 8.97. The van der Waals surface area contributed by atoms with E-state index in [1.54, 1.807) is 0 Å². The lowest BCUT2D eigenvalue weighted by Gasteiger charge is -2.16. The van der Waals surface area contributed by atoms with Crippen LogP contribution >= 0.6 is 11.3 Å². The molecule has 0 aliphatic carbocycles. The average Bonchev–Trinajstić information content (AvgIpc) is 2.58. The van der Waals surface area contributed by atoms with E-state index in [2.05, 4.69) is 5.43 Å². The Morgan fingerprint density at radius 1 is 1.44 bits per heavy atom. The van der Waals surface area contributed by atoms with Crippen LogP contribution in [0.2, 0.25) is 0 Å². The first-order chi connectivity index (χ1) is 7.44. The molecule has 0 saturated carbocycles. The maximum Gasteiger partial charge on any atom is 0.389 e. The third-order valence-electron chi connectivity index (χ3n) is 2.42. The molecular weight excluding hydrogens is 237 g/mol. The lowest BCUT2D eigenvalue weighted by Crippen LogP contribution is -2.28. The van der Waals surface area contributed by atoms with Gasteiger partial charge in [0.1, 0.15) is 0 Å². The number of halogens is 3. The molecule has 0 bridgehead atoms. The number of hydrogen-bond acceptors (Lipinski definition) is 3. The monoisotopic (exact) mass is 252 g/mol. The van der Waals surface area contributed by atoms with Gasteiger partial charge >= 0.3 is 6.18 Å². The van der Waals surface area contributed by atoms with Crippen LogP contribution in [-0.4, -0.2) is 6.18 Å². The van der Waals surface area contributed by atoms with E-state index in [0.29, 0.717) is 6.42 Å². The number of alkyl halides is 3. The summed E-state index contributed by atoms with van der Waals surface area (Å²) in [4.78, 5) is 0. The Hall–Kier alpha value is -0.590. The number of aryl methyl sites for hydroxylation is 1. The molecule has 0 aliphatic rings. The molecule has 0 spiro atoms. The SMILES string of the molecule is Cc1cscc1C(CCCC(F)(F)F)NN. The van der Waals surface area contributed by atoms with Crippen LogP contribution in [0, 0.1) is 6.92 Å². The van der Waals surface area contributed by atoms with Crippen LogP contribution in [0.5, 0.6) is 0 Å². The van der Waals surface area contributed by atoms with Gasteiger partial charge in [-0.2, -0.15) is 24.5 Å². The molecule has 0 amide bonds. The number of nitrogens with two attached hydrogens (primary N) is 1. The van der Waals surface area contributed by atoms with Crippen LogP contribution in [0.1, 0.15) is 36.4 Å². The van der Waals surface area contributed by atoms with Crippen molar-refractivity contribution >= 4 is 11.3 Å². The third-order valence-corrected chi connectivity index (χ3v) is 3.30. The van der Waals surface area contributed by atoms with Gasteiger partial charge < -0.3 is 0 Å². The fourth-order valence-electron chi connectivity index (χ4n) is 1.56. The van der Waals surface area contributed by atoms with Gasteiger partial charge in [0.15, 0.2) is 0 Å². The molecule has 0 aromatic carbocycles. The molecule has 2 nitrogen and oxygen atoms in total. The van der Waals surface area contributed by atoms with Crippen LogP contribution in [-0.2, 0) is 0 Å². The van der Waals surface area contributed by atoms with Crippen LogP contribution < -0.4 is 11.3 Å². The van der Waals surface area contributed by atoms with E-state index in [1.165, 1.54) is 11.3 Å². The molecule has 1 unspecified atom stereocenters. The second-order valence-corrected chi connectivity index (χ2v) is 4.48. The van der Waals surface area contributed by atoms with Gasteiger partial charge in [-0.05, 0) is 41.7 Å². The van der Waals surface area contributed by atoms with Crippen LogP contribution in [0.15, 0.2) is 10.8 Å². The summed E-state index contributed by atoms with van der Waals surface area (Å²) in [5.74, 6) is 5.36. The smallest absolute Gasteiger partial charge is 0.271 e. The van der Waals surface area contributed by atoms with Crippen molar-refractivity contribution in [2.45, 2.75) is 38.4 Å². The van der Waals surface area contributed by atoms with Gasteiger partial charge in [0.2, 0.25) is 0 Å². The van der Waals surface area contributed by atoms with Gasteiger partial charge in [-0.15, -0.1) is 0 Å². The second kappa shape index (κ2) is 5.65. The highest BCUT2D eigenvalue weighted by atomic mass is 32.1. The summed E-state index contributed by atoms with van der Waals surface area (Å²) in [5, 5.41) is 3.89. The summed E-state index contributed by atoms with van der Waals surface area (Å²) >= 11 is 1.53. The molecule has 1 aromatic heterocycles. The Balaban J connectivity index is 2.48. The molecule has 1 heterocycles. The standard InChI is InChI=1S/C10H15F3N2S/c1-7-5-16-6-8(7)9(15-14)3-2-4-10(11,12)13/h5-6,9,15H,2-4,14H2,1H3. The fraction of sp³-hybridized carbons (Fsp3) is 0.600. The predicted octanol–water partition coefficient (Wildman–Crippen LogP) is 3.29. The van der Waals surface area contributed by atoms with Crippen molar-refractivity contribution in [3.05, 3.63) is 21.9 Å². The Morgan fingerprint density at radius 3 is 2.56 bits per heavy atom. The van der Waals surface area contributed by atoms with Crippen LogP contribution in [0.25, 0.3) is 0 Å². The van der Waals surface area contributed by atoms with E-state index >= 15 is 0 Å². The fourth-order valence-corrected chi connectivity index (χ4v) is 2.47. The number of nitrogens with one attached hydrogen (secondary N) is 1.